The molecule has 1 aliphatic rings. The van der Waals surface area contributed by atoms with Gasteiger partial charge in [-0.1, -0.05) is 0 Å². The lowest BCUT2D eigenvalue weighted by Crippen LogP contribution is -2.44. The Morgan fingerprint density at radius 1 is 1.45 bits per heavy atom. The van der Waals surface area contributed by atoms with E-state index >= 15 is 0 Å². The van der Waals surface area contributed by atoms with E-state index in [-0.39, 0.29) is 18.1 Å². The average molecular weight is 279 g/mol. The Kier molecular flexibility index (Phi) is 4.13. The Balaban J connectivity index is 2.27. The van der Waals surface area contributed by atoms with Crippen LogP contribution < -0.4 is 5.73 Å². The Morgan fingerprint density at radius 3 is 2.70 bits per heavy atom. The molecule has 0 spiro atoms. The minimum absolute atomic E-state index is 0.140. The summed E-state index contributed by atoms with van der Waals surface area (Å²) < 4.78 is 7.15. The fraction of sp³-hybridized carbons (Fsp3) is 0.571. The molecule has 0 radical (unpaired) electrons. The molecule has 1 fully saturated rings. The number of nitrogens with zero attached hydrogens (tertiary/aromatic N) is 2. The Bertz CT molecular complexity index is 510. The van der Waals surface area contributed by atoms with Gasteiger partial charge in [0.15, 0.2) is 0 Å². The summed E-state index contributed by atoms with van der Waals surface area (Å²) in [5.74, 6) is -0.660. The topological polar surface area (TPSA) is 77.6 Å². The minimum Gasteiger partial charge on any atom is -0.380 e. The van der Waals surface area contributed by atoms with Crippen LogP contribution in [-0.2, 0) is 9.53 Å². The molecule has 0 aliphatic carbocycles. The first kappa shape index (κ1) is 14.6. The monoisotopic (exact) mass is 279 g/mol. The van der Waals surface area contributed by atoms with Crippen molar-refractivity contribution in [2.24, 2.45) is 5.73 Å². The Labute approximate surface area is 118 Å². The van der Waals surface area contributed by atoms with Crippen molar-refractivity contribution in [3.8, 4) is 0 Å². The van der Waals surface area contributed by atoms with Crippen LogP contribution in [0.4, 0.5) is 0 Å². The van der Waals surface area contributed by atoms with Gasteiger partial charge in [0, 0.05) is 32.3 Å². The lowest BCUT2D eigenvalue weighted by Gasteiger charge is -2.23. The van der Waals surface area contributed by atoms with Gasteiger partial charge < -0.3 is 19.9 Å². The summed E-state index contributed by atoms with van der Waals surface area (Å²) in [6, 6.07) is 3.18. The second kappa shape index (κ2) is 5.66. The minimum atomic E-state index is -0.594. The molecule has 20 heavy (non-hydrogen) atoms. The number of hydrogen-bond acceptors (Lipinski definition) is 3. The van der Waals surface area contributed by atoms with Gasteiger partial charge in [-0.15, -0.1) is 0 Å². The average Bonchev–Trinajstić information content (AvgIpc) is 3.04. The van der Waals surface area contributed by atoms with Gasteiger partial charge in [-0.2, -0.15) is 0 Å². The van der Waals surface area contributed by atoms with Crippen molar-refractivity contribution >= 4 is 11.8 Å². The van der Waals surface area contributed by atoms with E-state index < -0.39 is 11.9 Å². The predicted octanol–water partition coefficient (Wildman–Crippen LogP) is 0.784. The van der Waals surface area contributed by atoms with Crippen LogP contribution in [0, 0.1) is 0 Å². The van der Waals surface area contributed by atoms with Crippen molar-refractivity contribution in [1.82, 2.24) is 9.47 Å². The number of likely N-dealkylation sites (tertiary alicyclic amines) is 1. The summed E-state index contributed by atoms with van der Waals surface area (Å²) >= 11 is 0. The fourth-order valence-electron chi connectivity index (χ4n) is 2.63. The van der Waals surface area contributed by atoms with E-state index in [9.17, 15) is 9.59 Å². The summed E-state index contributed by atoms with van der Waals surface area (Å²) in [6.07, 6.45) is 2.18. The second-order valence-corrected chi connectivity index (χ2v) is 5.36. The van der Waals surface area contributed by atoms with E-state index in [2.05, 4.69) is 0 Å². The van der Waals surface area contributed by atoms with Gasteiger partial charge >= 0.3 is 0 Å². The van der Waals surface area contributed by atoms with Crippen molar-refractivity contribution < 1.29 is 14.3 Å². The highest BCUT2D eigenvalue weighted by Gasteiger charge is 2.39. The number of rotatable bonds is 4. The van der Waals surface area contributed by atoms with Gasteiger partial charge in [0.05, 0.1) is 6.10 Å². The Morgan fingerprint density at radius 2 is 2.15 bits per heavy atom. The number of hydrogen-bond donors (Lipinski definition) is 1. The number of carbonyl (C=O) groups is 2. The number of nitrogens with two attached hydrogens (primary N) is 1. The van der Waals surface area contributed by atoms with E-state index in [1.165, 1.54) is 4.90 Å². The number of aromatic nitrogens is 1. The van der Waals surface area contributed by atoms with Crippen LogP contribution in [0.2, 0.25) is 0 Å². The van der Waals surface area contributed by atoms with E-state index in [4.69, 9.17) is 10.5 Å². The molecule has 1 saturated heterocycles. The summed E-state index contributed by atoms with van der Waals surface area (Å²) in [4.78, 5) is 25.7. The lowest BCUT2D eigenvalue weighted by atomic mass is 10.2. The van der Waals surface area contributed by atoms with Crippen LogP contribution in [0.3, 0.4) is 0 Å². The highest BCUT2D eigenvalue weighted by atomic mass is 16.5. The Hall–Kier alpha value is -1.82. The van der Waals surface area contributed by atoms with Crippen LogP contribution in [0.15, 0.2) is 18.3 Å². The van der Waals surface area contributed by atoms with E-state index in [0.29, 0.717) is 18.7 Å². The van der Waals surface area contributed by atoms with Crippen molar-refractivity contribution in [3.63, 3.8) is 0 Å². The third-order valence-electron chi connectivity index (χ3n) is 3.74. The molecule has 0 unspecified atom stereocenters. The molecule has 110 valence electrons. The summed E-state index contributed by atoms with van der Waals surface area (Å²) in [5.41, 5.74) is 5.97. The second-order valence-electron chi connectivity index (χ2n) is 5.36. The van der Waals surface area contributed by atoms with Crippen LogP contribution in [-0.4, -0.2) is 47.1 Å². The van der Waals surface area contributed by atoms with Gasteiger partial charge in [-0.3, -0.25) is 9.59 Å². The SMILES string of the molecule is CO[C@H]1C[C@@H](C(N)=O)N(C(=O)c2cccn2C(C)C)C1. The van der Waals surface area contributed by atoms with Gasteiger partial charge in [0.1, 0.15) is 11.7 Å². The first-order chi connectivity index (χ1) is 9.45. The number of amides is 2. The molecule has 6 nitrogen and oxygen atoms in total. The zero-order valence-corrected chi connectivity index (χ0v) is 12.1. The molecule has 1 aromatic heterocycles. The molecule has 0 saturated carbocycles. The van der Waals surface area contributed by atoms with E-state index in [1.54, 1.807) is 13.2 Å². The summed E-state index contributed by atoms with van der Waals surface area (Å²) in [7, 11) is 1.58. The molecule has 2 heterocycles. The van der Waals surface area contributed by atoms with Crippen LogP contribution in [0.25, 0.3) is 0 Å². The van der Waals surface area contributed by atoms with Gasteiger partial charge in [-0.05, 0) is 26.0 Å². The molecule has 0 bridgehead atoms. The largest absolute Gasteiger partial charge is 0.380 e. The van der Waals surface area contributed by atoms with Crippen molar-refractivity contribution in [3.05, 3.63) is 24.0 Å². The zero-order chi connectivity index (χ0) is 14.9. The number of primary amides is 1. The third-order valence-corrected chi connectivity index (χ3v) is 3.74. The summed E-state index contributed by atoms with van der Waals surface area (Å²) in [5, 5.41) is 0. The third kappa shape index (κ3) is 2.56. The molecule has 0 aromatic carbocycles. The quantitative estimate of drug-likeness (QED) is 0.885. The lowest BCUT2D eigenvalue weighted by molar-refractivity contribution is -0.121. The van der Waals surface area contributed by atoms with Crippen molar-refractivity contribution in [1.29, 1.82) is 0 Å². The van der Waals surface area contributed by atoms with Crippen molar-refractivity contribution in [2.75, 3.05) is 13.7 Å². The van der Waals surface area contributed by atoms with Crippen LogP contribution in [0.1, 0.15) is 36.8 Å². The summed E-state index contributed by atoms with van der Waals surface area (Å²) in [6.45, 7) is 4.40. The zero-order valence-electron chi connectivity index (χ0n) is 12.1. The first-order valence-corrected chi connectivity index (χ1v) is 6.75. The maximum absolute atomic E-state index is 12.7. The molecule has 2 atom stereocenters. The standard InChI is InChI=1S/C14H21N3O3/c1-9(2)16-6-4-5-11(16)14(19)17-8-10(20-3)7-12(17)13(15)18/h4-6,9-10,12H,7-8H2,1-3H3,(H2,15,18)/t10-,12-/m0/s1. The number of methoxy groups -OCH3 is 1. The number of carbonyl (C=O) groups excluding carboxylic acids is 2. The maximum atomic E-state index is 12.7. The molecule has 2 N–H and O–H groups in total. The molecule has 1 aliphatic heterocycles. The fourth-order valence-corrected chi connectivity index (χ4v) is 2.63. The predicted molar refractivity (Wildman–Crippen MR) is 74.2 cm³/mol. The molecule has 6 heteroatoms. The highest BCUT2D eigenvalue weighted by Crippen LogP contribution is 2.23. The normalized spacial score (nSPS) is 22.5. The number of ether oxygens (including phenoxy) is 1. The highest BCUT2D eigenvalue weighted by molar-refractivity contribution is 5.96. The van der Waals surface area contributed by atoms with E-state index in [1.807, 2.05) is 30.7 Å². The molecular weight excluding hydrogens is 258 g/mol. The van der Waals surface area contributed by atoms with Crippen LogP contribution >= 0.6 is 0 Å². The van der Waals surface area contributed by atoms with E-state index in [0.717, 1.165) is 0 Å². The molecule has 2 rings (SSSR count). The smallest absolute Gasteiger partial charge is 0.271 e. The molecule has 2 amide bonds. The van der Waals surface area contributed by atoms with Crippen LogP contribution in [0.5, 0.6) is 0 Å². The van der Waals surface area contributed by atoms with Gasteiger partial charge in [0.25, 0.3) is 5.91 Å². The molecule has 1 aromatic rings. The van der Waals surface area contributed by atoms with Gasteiger partial charge in [0.2, 0.25) is 5.91 Å². The van der Waals surface area contributed by atoms with Crippen molar-refractivity contribution in [2.45, 2.75) is 38.5 Å². The molecular formula is C14H21N3O3. The first-order valence-electron chi connectivity index (χ1n) is 6.75. The maximum Gasteiger partial charge on any atom is 0.271 e. The van der Waals surface area contributed by atoms with Gasteiger partial charge in [-0.25, -0.2) is 0 Å².